The number of benzene rings is 2. The third-order valence-corrected chi connectivity index (χ3v) is 5.50. The van der Waals surface area contributed by atoms with Crippen LogP contribution in [0.4, 0.5) is 0 Å². The predicted octanol–water partition coefficient (Wildman–Crippen LogP) is 2.92. The van der Waals surface area contributed by atoms with E-state index in [0.29, 0.717) is 5.39 Å². The lowest BCUT2D eigenvalue weighted by Gasteiger charge is -2.09. The summed E-state index contributed by atoms with van der Waals surface area (Å²) in [5, 5.41) is 7.75. The summed E-state index contributed by atoms with van der Waals surface area (Å²) in [5.74, 6) is 0. The summed E-state index contributed by atoms with van der Waals surface area (Å²) in [5.41, 5.74) is 1.86. The van der Waals surface area contributed by atoms with Crippen LogP contribution < -0.4 is 0 Å². The fourth-order valence-electron chi connectivity index (χ4n) is 2.55. The molecule has 0 saturated carbocycles. The van der Waals surface area contributed by atoms with Crippen LogP contribution in [0, 0.1) is 0 Å². The van der Waals surface area contributed by atoms with E-state index in [0.717, 1.165) is 24.0 Å². The van der Waals surface area contributed by atoms with Gasteiger partial charge in [-0.2, -0.15) is 5.10 Å². The number of aromatic nitrogens is 2. The monoisotopic (exact) mass is 365 g/mol. The maximum atomic E-state index is 12.8. The Bertz CT molecular complexity index is 921. The quantitative estimate of drug-likeness (QED) is 0.755. The standard InChI is InChI=1S/C17H19N3O2S.ClH/c1-20(2)12-11-13-7-6-10-15-16(13)18-19-17(15)23(21,22)14-8-4-3-5-9-14;/h3-10H,11-12H2,1-2H3,(H,18,19);1H. The van der Waals surface area contributed by atoms with E-state index in [1.807, 2.05) is 26.2 Å². The molecule has 1 aromatic heterocycles. The molecule has 0 aliphatic carbocycles. The number of hydrogen-bond donors (Lipinski definition) is 1. The van der Waals surface area contributed by atoms with Crippen molar-refractivity contribution in [2.45, 2.75) is 16.3 Å². The molecule has 0 aliphatic rings. The number of H-pyrrole nitrogens is 1. The van der Waals surface area contributed by atoms with Gasteiger partial charge < -0.3 is 4.90 Å². The average molecular weight is 366 g/mol. The van der Waals surface area contributed by atoms with Gasteiger partial charge in [-0.05, 0) is 44.3 Å². The summed E-state index contributed by atoms with van der Waals surface area (Å²) in [7, 11) is 0.402. The number of likely N-dealkylation sites (N-methyl/N-ethyl adjacent to an activating group) is 1. The number of rotatable bonds is 5. The number of fused-ring (bicyclic) bond motifs is 1. The molecule has 0 aliphatic heterocycles. The summed E-state index contributed by atoms with van der Waals surface area (Å²) in [4.78, 5) is 2.35. The minimum atomic E-state index is -3.62. The molecule has 5 nitrogen and oxygen atoms in total. The molecule has 1 N–H and O–H groups in total. The van der Waals surface area contributed by atoms with E-state index in [1.165, 1.54) is 0 Å². The van der Waals surface area contributed by atoms with Crippen molar-refractivity contribution in [3.8, 4) is 0 Å². The molecule has 0 bridgehead atoms. The van der Waals surface area contributed by atoms with Crippen LogP contribution in [0.15, 0.2) is 58.5 Å². The third-order valence-electron chi connectivity index (χ3n) is 3.79. The van der Waals surface area contributed by atoms with Gasteiger partial charge in [0.1, 0.15) is 0 Å². The van der Waals surface area contributed by atoms with Gasteiger partial charge in [0.05, 0.1) is 10.4 Å². The molecule has 0 unspecified atom stereocenters. The molecule has 24 heavy (non-hydrogen) atoms. The SMILES string of the molecule is CN(C)CCc1cccc2c(S(=O)(=O)c3ccccc3)n[nH]c12.Cl. The molecule has 7 heteroatoms. The van der Waals surface area contributed by atoms with E-state index in [9.17, 15) is 8.42 Å². The molecule has 128 valence electrons. The largest absolute Gasteiger partial charge is 0.309 e. The minimum absolute atomic E-state index is 0. The Hall–Kier alpha value is -1.89. The van der Waals surface area contributed by atoms with Gasteiger partial charge in [0.25, 0.3) is 0 Å². The highest BCUT2D eigenvalue weighted by Crippen LogP contribution is 2.28. The van der Waals surface area contributed by atoms with Gasteiger partial charge in [0.2, 0.25) is 9.84 Å². The second-order valence-corrected chi connectivity index (χ2v) is 7.60. The fourth-order valence-corrected chi connectivity index (χ4v) is 3.91. The number of halogens is 1. The lowest BCUT2D eigenvalue weighted by atomic mass is 10.1. The Labute approximate surface area is 148 Å². The van der Waals surface area contributed by atoms with Gasteiger partial charge >= 0.3 is 0 Å². The highest BCUT2D eigenvalue weighted by atomic mass is 35.5. The molecule has 0 atom stereocenters. The zero-order valence-electron chi connectivity index (χ0n) is 13.6. The van der Waals surface area contributed by atoms with Crippen molar-refractivity contribution in [2.24, 2.45) is 0 Å². The van der Waals surface area contributed by atoms with E-state index in [4.69, 9.17) is 0 Å². The first-order valence-corrected chi connectivity index (χ1v) is 8.89. The van der Waals surface area contributed by atoms with Gasteiger partial charge in [-0.25, -0.2) is 8.42 Å². The van der Waals surface area contributed by atoms with Gasteiger partial charge in [0.15, 0.2) is 5.03 Å². The maximum absolute atomic E-state index is 12.8. The predicted molar refractivity (Wildman–Crippen MR) is 97.5 cm³/mol. The molecule has 0 amide bonds. The van der Waals surface area contributed by atoms with Crippen molar-refractivity contribution in [1.82, 2.24) is 15.1 Å². The molecule has 3 rings (SSSR count). The summed E-state index contributed by atoms with van der Waals surface area (Å²) in [6.45, 7) is 0.888. The number of nitrogens with one attached hydrogen (secondary N) is 1. The Morgan fingerprint density at radius 2 is 1.75 bits per heavy atom. The zero-order chi connectivity index (χ0) is 16.4. The molecule has 0 fully saturated rings. The summed E-state index contributed by atoms with van der Waals surface area (Å²) >= 11 is 0. The first-order valence-electron chi connectivity index (χ1n) is 7.41. The highest BCUT2D eigenvalue weighted by Gasteiger charge is 2.24. The fraction of sp³-hybridized carbons (Fsp3) is 0.235. The molecule has 3 aromatic rings. The van der Waals surface area contributed by atoms with Crippen LogP contribution in [0.25, 0.3) is 10.9 Å². The number of aromatic amines is 1. The molecule has 0 radical (unpaired) electrons. The van der Waals surface area contributed by atoms with Crippen molar-refractivity contribution < 1.29 is 8.42 Å². The number of hydrogen-bond acceptors (Lipinski definition) is 4. The first-order chi connectivity index (χ1) is 11.0. The lowest BCUT2D eigenvalue weighted by Crippen LogP contribution is -2.15. The summed E-state index contributed by atoms with van der Waals surface area (Å²) in [6, 6.07) is 14.1. The van der Waals surface area contributed by atoms with Gasteiger partial charge in [-0.15, -0.1) is 12.4 Å². The van der Waals surface area contributed by atoms with E-state index in [1.54, 1.807) is 36.4 Å². The van der Waals surface area contributed by atoms with E-state index in [2.05, 4.69) is 15.1 Å². The van der Waals surface area contributed by atoms with Gasteiger partial charge in [0, 0.05) is 11.9 Å². The van der Waals surface area contributed by atoms with Crippen LogP contribution in [-0.4, -0.2) is 44.2 Å². The van der Waals surface area contributed by atoms with Crippen LogP contribution in [-0.2, 0) is 16.3 Å². The second-order valence-electron chi connectivity index (χ2n) is 5.74. The van der Waals surface area contributed by atoms with Crippen molar-refractivity contribution in [1.29, 1.82) is 0 Å². The summed E-state index contributed by atoms with van der Waals surface area (Å²) in [6.07, 6.45) is 0.831. The third kappa shape index (κ3) is 3.45. The Kier molecular flexibility index (Phi) is 5.64. The highest BCUT2D eigenvalue weighted by molar-refractivity contribution is 7.91. The van der Waals surface area contributed by atoms with Crippen molar-refractivity contribution in [3.63, 3.8) is 0 Å². The molecule has 2 aromatic carbocycles. The minimum Gasteiger partial charge on any atom is -0.309 e. The summed E-state index contributed by atoms with van der Waals surface area (Å²) < 4.78 is 25.6. The Morgan fingerprint density at radius 1 is 1.04 bits per heavy atom. The van der Waals surface area contributed by atoms with Gasteiger partial charge in [-0.1, -0.05) is 30.3 Å². The van der Waals surface area contributed by atoms with Gasteiger partial charge in [-0.3, -0.25) is 5.10 Å². The molecular formula is C17H20ClN3O2S. The Balaban J connectivity index is 0.00000208. The lowest BCUT2D eigenvalue weighted by molar-refractivity contribution is 0.414. The van der Waals surface area contributed by atoms with E-state index in [-0.39, 0.29) is 22.3 Å². The molecule has 1 heterocycles. The van der Waals surface area contributed by atoms with E-state index >= 15 is 0 Å². The molecular weight excluding hydrogens is 346 g/mol. The van der Waals surface area contributed by atoms with E-state index < -0.39 is 9.84 Å². The maximum Gasteiger partial charge on any atom is 0.226 e. The number of sulfone groups is 1. The van der Waals surface area contributed by atoms with Crippen molar-refractivity contribution in [2.75, 3.05) is 20.6 Å². The topological polar surface area (TPSA) is 66.1 Å². The zero-order valence-corrected chi connectivity index (χ0v) is 15.2. The number of nitrogens with zero attached hydrogens (tertiary/aromatic N) is 2. The van der Waals surface area contributed by atoms with Crippen molar-refractivity contribution in [3.05, 3.63) is 54.1 Å². The molecule has 0 spiro atoms. The second kappa shape index (κ2) is 7.34. The normalized spacial score (nSPS) is 11.6. The van der Waals surface area contributed by atoms with Crippen LogP contribution >= 0.6 is 12.4 Å². The van der Waals surface area contributed by atoms with Crippen LogP contribution in [0.1, 0.15) is 5.56 Å². The number of para-hydroxylation sites is 1. The average Bonchev–Trinajstić information content (AvgIpc) is 2.99. The Morgan fingerprint density at radius 3 is 2.42 bits per heavy atom. The van der Waals surface area contributed by atoms with Crippen LogP contribution in [0.3, 0.4) is 0 Å². The first kappa shape index (κ1) is 18.4. The van der Waals surface area contributed by atoms with Crippen LogP contribution in [0.5, 0.6) is 0 Å². The smallest absolute Gasteiger partial charge is 0.226 e. The molecule has 0 saturated heterocycles. The van der Waals surface area contributed by atoms with Crippen molar-refractivity contribution >= 4 is 33.1 Å². The van der Waals surface area contributed by atoms with Crippen LogP contribution in [0.2, 0.25) is 0 Å².